The van der Waals surface area contributed by atoms with Crippen molar-refractivity contribution in [1.29, 1.82) is 0 Å². The smallest absolute Gasteiger partial charge is 0.122 e. The summed E-state index contributed by atoms with van der Waals surface area (Å²) in [6, 6.07) is 4.48. The molecule has 0 bridgehead atoms. The van der Waals surface area contributed by atoms with Crippen LogP contribution in [0.2, 0.25) is 0 Å². The van der Waals surface area contributed by atoms with E-state index in [1.165, 1.54) is 31.5 Å². The van der Waals surface area contributed by atoms with Crippen LogP contribution in [0.15, 0.2) is 12.1 Å². The molecule has 0 unspecified atom stereocenters. The number of benzene rings is 1. The lowest BCUT2D eigenvalue weighted by Crippen LogP contribution is -2.19. The minimum Gasteiger partial charge on any atom is -0.507 e. The molecule has 0 saturated carbocycles. The second-order valence-electron chi connectivity index (χ2n) is 9.72. The van der Waals surface area contributed by atoms with Gasteiger partial charge < -0.3 is 5.11 Å². The second kappa shape index (κ2) is 6.84. The molecular formula is C21H35NO. The van der Waals surface area contributed by atoms with E-state index in [-0.39, 0.29) is 10.8 Å². The van der Waals surface area contributed by atoms with E-state index in [1.807, 2.05) is 0 Å². The molecule has 2 nitrogen and oxygen atoms in total. The van der Waals surface area contributed by atoms with Crippen LogP contribution < -0.4 is 0 Å². The fourth-order valence-electron chi connectivity index (χ4n) is 3.53. The van der Waals surface area contributed by atoms with E-state index in [0.29, 0.717) is 5.75 Å². The fraction of sp³-hybridized carbons (Fsp3) is 0.714. The molecule has 0 atom stereocenters. The maximum Gasteiger partial charge on any atom is 0.122 e. The van der Waals surface area contributed by atoms with Gasteiger partial charge in [0, 0.05) is 6.54 Å². The van der Waals surface area contributed by atoms with Gasteiger partial charge in [-0.1, -0.05) is 53.7 Å². The molecule has 0 amide bonds. The lowest BCUT2D eigenvalue weighted by atomic mass is 9.83. The summed E-state index contributed by atoms with van der Waals surface area (Å²) in [5, 5.41) is 10.8. The van der Waals surface area contributed by atoms with Crippen LogP contribution in [0.3, 0.4) is 0 Å². The maximum atomic E-state index is 10.8. The van der Waals surface area contributed by atoms with Crippen LogP contribution in [-0.2, 0) is 19.4 Å². The molecule has 0 aliphatic carbocycles. The van der Waals surface area contributed by atoms with Crippen LogP contribution in [0, 0.1) is 10.8 Å². The van der Waals surface area contributed by atoms with Gasteiger partial charge in [0.1, 0.15) is 5.75 Å². The Labute approximate surface area is 142 Å². The summed E-state index contributed by atoms with van der Waals surface area (Å²) in [7, 11) is 0. The third kappa shape index (κ3) is 5.84. The maximum absolute atomic E-state index is 10.8. The Kier molecular flexibility index (Phi) is 5.45. The van der Waals surface area contributed by atoms with Gasteiger partial charge in [-0.15, -0.1) is 0 Å². The average Bonchev–Trinajstić information content (AvgIpc) is 2.84. The van der Waals surface area contributed by atoms with Crippen molar-refractivity contribution in [2.24, 2.45) is 10.8 Å². The van der Waals surface area contributed by atoms with Crippen molar-refractivity contribution in [2.75, 3.05) is 13.1 Å². The molecule has 0 aromatic heterocycles. The molecule has 1 aromatic carbocycles. The van der Waals surface area contributed by atoms with E-state index in [1.54, 1.807) is 0 Å². The van der Waals surface area contributed by atoms with E-state index in [2.05, 4.69) is 58.6 Å². The van der Waals surface area contributed by atoms with Crippen molar-refractivity contribution < 1.29 is 5.11 Å². The average molecular weight is 318 g/mol. The largest absolute Gasteiger partial charge is 0.507 e. The molecule has 0 radical (unpaired) electrons. The molecule has 1 aromatic rings. The van der Waals surface area contributed by atoms with Gasteiger partial charge in [0.25, 0.3) is 0 Å². The first-order valence-corrected chi connectivity index (χ1v) is 9.09. The number of hydrogen-bond donors (Lipinski definition) is 1. The lowest BCUT2D eigenvalue weighted by molar-refractivity contribution is 0.329. The van der Waals surface area contributed by atoms with Crippen molar-refractivity contribution in [2.45, 2.75) is 73.8 Å². The lowest BCUT2D eigenvalue weighted by Gasteiger charge is -2.25. The van der Waals surface area contributed by atoms with E-state index < -0.39 is 0 Å². The van der Waals surface area contributed by atoms with Gasteiger partial charge in [0.05, 0.1) is 0 Å². The molecular weight excluding hydrogens is 282 g/mol. The fourth-order valence-corrected chi connectivity index (χ4v) is 3.53. The molecule has 2 heteroatoms. The molecule has 1 aliphatic rings. The predicted octanol–water partition coefficient (Wildman–Crippen LogP) is 5.17. The van der Waals surface area contributed by atoms with Crippen molar-refractivity contribution in [3.63, 3.8) is 0 Å². The minimum atomic E-state index is 0.183. The van der Waals surface area contributed by atoms with E-state index in [9.17, 15) is 5.11 Å². The first-order chi connectivity index (χ1) is 10.5. The highest BCUT2D eigenvalue weighted by molar-refractivity contribution is 5.45. The van der Waals surface area contributed by atoms with Crippen LogP contribution in [0.4, 0.5) is 0 Å². The highest BCUT2D eigenvalue weighted by atomic mass is 16.3. The Morgan fingerprint density at radius 2 is 1.30 bits per heavy atom. The minimum absolute atomic E-state index is 0.183. The molecule has 1 saturated heterocycles. The van der Waals surface area contributed by atoms with Crippen LogP contribution in [0.5, 0.6) is 5.75 Å². The summed E-state index contributed by atoms with van der Waals surface area (Å²) in [5.41, 5.74) is 3.97. The molecule has 1 heterocycles. The number of phenolic OH excluding ortho intramolecular Hbond substituents is 1. The number of hydrogen-bond acceptors (Lipinski definition) is 2. The SMILES string of the molecule is CC(C)(C)Cc1cc(CN2CCCC2)cc(CC(C)(C)C)c1O. The van der Waals surface area contributed by atoms with Crippen LogP contribution >= 0.6 is 0 Å². The van der Waals surface area contributed by atoms with Crippen molar-refractivity contribution in [3.8, 4) is 5.75 Å². The van der Waals surface area contributed by atoms with E-state index in [4.69, 9.17) is 0 Å². The zero-order valence-electron chi connectivity index (χ0n) is 16.0. The molecule has 1 N–H and O–H groups in total. The quantitative estimate of drug-likeness (QED) is 0.828. The third-order valence-electron chi connectivity index (χ3n) is 4.37. The number of phenols is 1. The summed E-state index contributed by atoms with van der Waals surface area (Å²) < 4.78 is 0. The second-order valence-corrected chi connectivity index (χ2v) is 9.72. The Balaban J connectivity index is 2.33. The summed E-state index contributed by atoms with van der Waals surface area (Å²) in [5.74, 6) is 0.528. The van der Waals surface area contributed by atoms with Gasteiger partial charge in [0.15, 0.2) is 0 Å². The normalized spacial score (nSPS) is 17.0. The third-order valence-corrected chi connectivity index (χ3v) is 4.37. The highest BCUT2D eigenvalue weighted by Gasteiger charge is 2.21. The predicted molar refractivity (Wildman–Crippen MR) is 98.9 cm³/mol. The summed E-state index contributed by atoms with van der Waals surface area (Å²) in [6.45, 7) is 16.9. The molecule has 1 fully saturated rings. The van der Waals surface area contributed by atoms with Crippen molar-refractivity contribution >= 4 is 0 Å². The van der Waals surface area contributed by atoms with Gasteiger partial charge in [0.2, 0.25) is 0 Å². The standard InChI is InChI=1S/C21H35NO/c1-20(2,3)13-17-11-16(15-22-9-7-8-10-22)12-18(19(17)23)14-21(4,5)6/h11-12,23H,7-10,13-15H2,1-6H3. The zero-order valence-corrected chi connectivity index (χ0v) is 16.0. The van der Waals surface area contributed by atoms with E-state index in [0.717, 1.165) is 30.5 Å². The first kappa shape index (κ1) is 18.3. The van der Waals surface area contributed by atoms with Gasteiger partial charge in [-0.05, 0) is 66.3 Å². The highest BCUT2D eigenvalue weighted by Crippen LogP contribution is 2.34. The van der Waals surface area contributed by atoms with E-state index >= 15 is 0 Å². The monoisotopic (exact) mass is 317 g/mol. The zero-order chi connectivity index (χ0) is 17.3. The number of likely N-dealkylation sites (tertiary alicyclic amines) is 1. The molecule has 130 valence electrons. The summed E-state index contributed by atoms with van der Waals surface area (Å²) in [6.07, 6.45) is 4.48. The number of aromatic hydroxyl groups is 1. The summed E-state index contributed by atoms with van der Waals surface area (Å²) >= 11 is 0. The van der Waals surface area contributed by atoms with Crippen molar-refractivity contribution in [1.82, 2.24) is 4.90 Å². The first-order valence-electron chi connectivity index (χ1n) is 9.09. The Bertz CT molecular complexity index is 491. The molecule has 23 heavy (non-hydrogen) atoms. The molecule has 1 aliphatic heterocycles. The Morgan fingerprint density at radius 1 is 0.870 bits per heavy atom. The molecule has 0 spiro atoms. The Morgan fingerprint density at radius 3 is 1.70 bits per heavy atom. The Hall–Kier alpha value is -1.02. The topological polar surface area (TPSA) is 23.5 Å². The van der Waals surface area contributed by atoms with Crippen LogP contribution in [-0.4, -0.2) is 23.1 Å². The van der Waals surface area contributed by atoms with Gasteiger partial charge >= 0.3 is 0 Å². The number of nitrogens with zero attached hydrogens (tertiary/aromatic N) is 1. The van der Waals surface area contributed by atoms with Gasteiger partial charge in [-0.3, -0.25) is 4.90 Å². The summed E-state index contributed by atoms with van der Waals surface area (Å²) in [4.78, 5) is 2.54. The van der Waals surface area contributed by atoms with Gasteiger partial charge in [-0.2, -0.15) is 0 Å². The van der Waals surface area contributed by atoms with Crippen molar-refractivity contribution in [3.05, 3.63) is 28.8 Å². The number of rotatable bonds is 4. The van der Waals surface area contributed by atoms with Crippen LogP contribution in [0.1, 0.15) is 71.1 Å². The molecule has 2 rings (SSSR count). The van der Waals surface area contributed by atoms with Gasteiger partial charge in [-0.25, -0.2) is 0 Å². The van der Waals surface area contributed by atoms with Crippen LogP contribution in [0.25, 0.3) is 0 Å².